The molecule has 64 valence electrons. The Morgan fingerprint density at radius 3 is 2.92 bits per heavy atom. The Morgan fingerprint density at radius 2 is 2.33 bits per heavy atom. The summed E-state index contributed by atoms with van der Waals surface area (Å²) in [6.07, 6.45) is 6.89. The fourth-order valence-corrected chi connectivity index (χ4v) is 0.893. The van der Waals surface area contributed by atoms with Gasteiger partial charge in [-0.2, -0.15) is 0 Å². The smallest absolute Gasteiger partial charge is 0.0373 e. The molecule has 0 aromatic carbocycles. The van der Waals surface area contributed by atoms with Crippen LogP contribution in [0.1, 0.15) is 17.7 Å². The van der Waals surface area contributed by atoms with Crippen molar-refractivity contribution in [2.24, 2.45) is 5.73 Å². The van der Waals surface area contributed by atoms with Gasteiger partial charge in [0, 0.05) is 11.9 Å². The van der Waals surface area contributed by atoms with E-state index in [1.807, 2.05) is 25.3 Å². The van der Waals surface area contributed by atoms with Crippen molar-refractivity contribution in [1.29, 1.82) is 0 Å². The third-order valence-electron chi connectivity index (χ3n) is 1.58. The second kappa shape index (κ2) is 4.67. The van der Waals surface area contributed by atoms with Crippen molar-refractivity contribution in [1.82, 2.24) is 4.98 Å². The van der Waals surface area contributed by atoms with Gasteiger partial charge < -0.3 is 5.73 Å². The van der Waals surface area contributed by atoms with Crippen LogP contribution in [0.25, 0.3) is 6.08 Å². The van der Waals surface area contributed by atoms with Crippen molar-refractivity contribution >= 4 is 6.08 Å². The Balaban J connectivity index is 2.58. The Kier molecular flexibility index (Phi) is 3.48. The normalized spacial score (nSPS) is 10.8. The van der Waals surface area contributed by atoms with Crippen LogP contribution in [0, 0.1) is 6.92 Å². The summed E-state index contributed by atoms with van der Waals surface area (Å²) < 4.78 is 0. The molecule has 0 radical (unpaired) electrons. The molecule has 2 nitrogen and oxygen atoms in total. The van der Waals surface area contributed by atoms with Crippen molar-refractivity contribution in [3.63, 3.8) is 0 Å². The molecule has 0 aliphatic heterocycles. The molecule has 0 aliphatic carbocycles. The van der Waals surface area contributed by atoms with Gasteiger partial charge in [0.15, 0.2) is 0 Å². The van der Waals surface area contributed by atoms with E-state index < -0.39 is 0 Å². The lowest BCUT2D eigenvalue weighted by atomic mass is 10.2. The first kappa shape index (κ1) is 8.94. The highest BCUT2D eigenvalue weighted by Gasteiger charge is 1.85. The van der Waals surface area contributed by atoms with Gasteiger partial charge in [0.2, 0.25) is 0 Å². The lowest BCUT2D eigenvalue weighted by Crippen LogP contribution is -1.94. The summed E-state index contributed by atoms with van der Waals surface area (Å²) in [6, 6.07) is 4.05. The first-order valence-electron chi connectivity index (χ1n) is 4.12. The van der Waals surface area contributed by atoms with E-state index >= 15 is 0 Å². The first-order chi connectivity index (χ1) is 5.83. The summed E-state index contributed by atoms with van der Waals surface area (Å²) in [5.41, 5.74) is 7.53. The van der Waals surface area contributed by atoms with Crippen LogP contribution in [-0.2, 0) is 0 Å². The molecule has 0 amide bonds. The largest absolute Gasteiger partial charge is 0.330 e. The van der Waals surface area contributed by atoms with Gasteiger partial charge in [0.25, 0.3) is 0 Å². The number of aryl methyl sites for hydroxylation is 1. The predicted molar refractivity (Wildman–Crippen MR) is 51.7 cm³/mol. The van der Waals surface area contributed by atoms with Crippen LogP contribution in [0.2, 0.25) is 0 Å². The van der Waals surface area contributed by atoms with Crippen LogP contribution in [0.4, 0.5) is 0 Å². The van der Waals surface area contributed by atoms with E-state index in [1.165, 1.54) is 0 Å². The molecule has 2 heteroatoms. The van der Waals surface area contributed by atoms with Crippen molar-refractivity contribution in [2.45, 2.75) is 13.3 Å². The number of nitrogens with zero attached hydrogens (tertiary/aromatic N) is 1. The van der Waals surface area contributed by atoms with Crippen molar-refractivity contribution < 1.29 is 0 Å². The fraction of sp³-hybridized carbons (Fsp3) is 0.300. The second-order valence-corrected chi connectivity index (χ2v) is 2.71. The van der Waals surface area contributed by atoms with Crippen LogP contribution in [0.15, 0.2) is 24.4 Å². The minimum Gasteiger partial charge on any atom is -0.330 e. The average molecular weight is 162 g/mol. The molecule has 0 bridgehead atoms. The molecule has 0 unspecified atom stereocenters. The molecule has 0 fully saturated rings. The minimum absolute atomic E-state index is 0.704. The highest BCUT2D eigenvalue weighted by molar-refractivity contribution is 5.47. The minimum atomic E-state index is 0.704. The topological polar surface area (TPSA) is 38.9 Å². The maximum absolute atomic E-state index is 5.35. The molecule has 0 spiro atoms. The number of aromatic nitrogens is 1. The second-order valence-electron chi connectivity index (χ2n) is 2.71. The Hall–Kier alpha value is -1.15. The Bertz CT molecular complexity index is 249. The zero-order chi connectivity index (χ0) is 8.81. The summed E-state index contributed by atoms with van der Waals surface area (Å²) in [4.78, 5) is 4.18. The lowest BCUT2D eigenvalue weighted by molar-refractivity contribution is 1.01. The van der Waals surface area contributed by atoms with E-state index in [0.29, 0.717) is 6.54 Å². The summed E-state index contributed by atoms with van der Waals surface area (Å²) in [5.74, 6) is 0. The van der Waals surface area contributed by atoms with E-state index in [4.69, 9.17) is 5.73 Å². The lowest BCUT2D eigenvalue weighted by Gasteiger charge is -1.93. The van der Waals surface area contributed by atoms with Crippen LogP contribution in [0.5, 0.6) is 0 Å². The summed E-state index contributed by atoms with van der Waals surface area (Å²) in [7, 11) is 0. The Labute approximate surface area is 73.1 Å². The molecule has 0 saturated carbocycles. The SMILES string of the molecule is Cc1ccc(C=CCCN)cn1. The molecule has 0 saturated heterocycles. The van der Waals surface area contributed by atoms with Gasteiger partial charge in [-0.15, -0.1) is 0 Å². The van der Waals surface area contributed by atoms with E-state index in [1.54, 1.807) is 0 Å². The zero-order valence-electron chi connectivity index (χ0n) is 7.33. The molecule has 0 aliphatic rings. The summed E-state index contributed by atoms with van der Waals surface area (Å²) >= 11 is 0. The van der Waals surface area contributed by atoms with Crippen molar-refractivity contribution in [3.05, 3.63) is 35.7 Å². The number of rotatable bonds is 3. The molecule has 12 heavy (non-hydrogen) atoms. The standard InChI is InChI=1S/C10H14N2/c1-9-5-6-10(8-12-9)4-2-3-7-11/h2,4-6,8H,3,7,11H2,1H3. The van der Waals surface area contributed by atoms with Gasteiger partial charge in [-0.25, -0.2) is 0 Å². The third-order valence-corrected chi connectivity index (χ3v) is 1.58. The summed E-state index contributed by atoms with van der Waals surface area (Å²) in [5, 5.41) is 0. The molecular weight excluding hydrogens is 148 g/mol. The molecule has 1 rings (SSSR count). The molecule has 1 aromatic rings. The third kappa shape index (κ3) is 2.84. The molecule has 0 atom stereocenters. The maximum Gasteiger partial charge on any atom is 0.0373 e. The number of hydrogen-bond acceptors (Lipinski definition) is 2. The monoisotopic (exact) mass is 162 g/mol. The van der Waals surface area contributed by atoms with Crippen molar-refractivity contribution in [2.75, 3.05) is 6.54 Å². The molecule has 1 heterocycles. The number of pyridine rings is 1. The number of hydrogen-bond donors (Lipinski definition) is 1. The zero-order valence-corrected chi connectivity index (χ0v) is 7.33. The van der Waals surface area contributed by atoms with Crippen LogP contribution in [-0.4, -0.2) is 11.5 Å². The van der Waals surface area contributed by atoms with Crippen LogP contribution in [0.3, 0.4) is 0 Å². The Morgan fingerprint density at radius 1 is 1.50 bits per heavy atom. The van der Waals surface area contributed by atoms with E-state index in [9.17, 15) is 0 Å². The van der Waals surface area contributed by atoms with Gasteiger partial charge >= 0.3 is 0 Å². The van der Waals surface area contributed by atoms with Crippen LogP contribution < -0.4 is 5.73 Å². The highest BCUT2D eigenvalue weighted by atomic mass is 14.6. The quantitative estimate of drug-likeness (QED) is 0.735. The molecular formula is C10H14N2. The van der Waals surface area contributed by atoms with Crippen LogP contribution >= 0.6 is 0 Å². The average Bonchev–Trinajstić information content (AvgIpc) is 2.09. The molecule has 2 N–H and O–H groups in total. The van der Waals surface area contributed by atoms with Gasteiger partial charge in [0.1, 0.15) is 0 Å². The van der Waals surface area contributed by atoms with E-state index in [0.717, 1.165) is 17.7 Å². The van der Waals surface area contributed by atoms with Gasteiger partial charge in [-0.05, 0) is 31.5 Å². The van der Waals surface area contributed by atoms with Crippen molar-refractivity contribution in [3.8, 4) is 0 Å². The maximum atomic E-state index is 5.35. The molecule has 1 aromatic heterocycles. The van der Waals surface area contributed by atoms with Gasteiger partial charge in [0.05, 0.1) is 0 Å². The van der Waals surface area contributed by atoms with Gasteiger partial charge in [-0.1, -0.05) is 18.2 Å². The number of nitrogens with two attached hydrogens (primary N) is 1. The van der Waals surface area contributed by atoms with Gasteiger partial charge in [-0.3, -0.25) is 4.98 Å². The van der Waals surface area contributed by atoms with E-state index in [-0.39, 0.29) is 0 Å². The van der Waals surface area contributed by atoms with E-state index in [2.05, 4.69) is 17.1 Å². The first-order valence-corrected chi connectivity index (χ1v) is 4.12. The summed E-state index contributed by atoms with van der Waals surface area (Å²) in [6.45, 7) is 2.68. The fourth-order valence-electron chi connectivity index (χ4n) is 0.893. The predicted octanol–water partition coefficient (Wildman–Crippen LogP) is 1.75. The highest BCUT2D eigenvalue weighted by Crippen LogP contribution is 2.01.